The second-order valence-electron chi connectivity index (χ2n) is 4.91. The van der Waals surface area contributed by atoms with Crippen molar-refractivity contribution in [2.75, 3.05) is 0 Å². The Morgan fingerprint density at radius 2 is 2.05 bits per heavy atom. The van der Waals surface area contributed by atoms with E-state index in [1.54, 1.807) is 0 Å². The Morgan fingerprint density at radius 3 is 2.71 bits per heavy atom. The molecule has 0 bridgehead atoms. The maximum absolute atomic E-state index is 12.7. The molecule has 1 N–H and O–H groups in total. The second-order valence-corrected chi connectivity index (χ2v) is 5.95. The van der Waals surface area contributed by atoms with Crippen molar-refractivity contribution in [1.82, 2.24) is 25.1 Å². The van der Waals surface area contributed by atoms with Gasteiger partial charge >= 0.3 is 6.18 Å². The van der Waals surface area contributed by atoms with Gasteiger partial charge in [-0.05, 0) is 12.8 Å². The summed E-state index contributed by atoms with van der Waals surface area (Å²) >= 11 is 0.982. The smallest absolute Gasteiger partial charge is 0.349 e. The predicted molar refractivity (Wildman–Crippen MR) is 67.5 cm³/mol. The molecule has 0 spiro atoms. The fourth-order valence-corrected chi connectivity index (χ4v) is 3.17. The van der Waals surface area contributed by atoms with Crippen molar-refractivity contribution in [3.8, 4) is 0 Å². The number of halogens is 3. The fraction of sp³-hybridized carbons (Fsp3) is 0.636. The summed E-state index contributed by atoms with van der Waals surface area (Å²) in [5, 5.41) is 13.4. The van der Waals surface area contributed by atoms with Crippen molar-refractivity contribution in [3.63, 3.8) is 0 Å². The van der Waals surface area contributed by atoms with Gasteiger partial charge in [-0.1, -0.05) is 24.2 Å². The number of amides is 1. The van der Waals surface area contributed by atoms with E-state index >= 15 is 0 Å². The highest BCUT2D eigenvalue weighted by Gasteiger charge is 2.38. The van der Waals surface area contributed by atoms with Gasteiger partial charge in [0.2, 0.25) is 10.9 Å². The molecule has 0 aliphatic heterocycles. The Balaban J connectivity index is 1.70. The Labute approximate surface area is 121 Å². The number of hydrogen-bond donors (Lipinski definition) is 1. The summed E-state index contributed by atoms with van der Waals surface area (Å²) in [5.41, 5.74) is 0. The molecule has 3 rings (SSSR count). The molecule has 0 saturated heterocycles. The van der Waals surface area contributed by atoms with Gasteiger partial charge in [-0.2, -0.15) is 22.8 Å². The lowest BCUT2D eigenvalue weighted by Gasteiger charge is -2.08. The summed E-state index contributed by atoms with van der Waals surface area (Å²) in [5.74, 6) is -1.20. The van der Waals surface area contributed by atoms with Crippen molar-refractivity contribution in [3.05, 3.63) is 10.8 Å². The molecule has 0 atom stereocenters. The van der Waals surface area contributed by atoms with Gasteiger partial charge in [0.1, 0.15) is 5.01 Å². The Morgan fingerprint density at radius 1 is 1.33 bits per heavy atom. The molecule has 1 fully saturated rings. The Bertz CT molecular complexity index is 658. The average Bonchev–Trinajstić information content (AvgIpc) is 3.09. The lowest BCUT2D eigenvalue weighted by molar-refractivity contribution is -0.146. The van der Waals surface area contributed by atoms with Crippen LogP contribution in [0.4, 0.5) is 13.2 Å². The fourth-order valence-electron chi connectivity index (χ4n) is 2.40. The molecule has 21 heavy (non-hydrogen) atoms. The monoisotopic (exact) mass is 319 g/mol. The van der Waals surface area contributed by atoms with Gasteiger partial charge in [0.25, 0.3) is 5.82 Å². The molecule has 2 aromatic heterocycles. The van der Waals surface area contributed by atoms with Crippen molar-refractivity contribution in [1.29, 1.82) is 0 Å². The van der Waals surface area contributed by atoms with Gasteiger partial charge < -0.3 is 5.32 Å². The van der Waals surface area contributed by atoms with Gasteiger partial charge in [-0.15, -0.1) is 10.2 Å². The highest BCUT2D eigenvalue weighted by atomic mass is 32.1. The summed E-state index contributed by atoms with van der Waals surface area (Å²) in [6.45, 7) is 0.112. The number of alkyl halides is 3. The minimum atomic E-state index is -4.60. The first-order valence-electron chi connectivity index (χ1n) is 6.51. The van der Waals surface area contributed by atoms with Crippen LogP contribution < -0.4 is 5.32 Å². The first-order valence-corrected chi connectivity index (χ1v) is 7.33. The zero-order valence-electron chi connectivity index (χ0n) is 10.9. The van der Waals surface area contributed by atoms with Crippen molar-refractivity contribution in [2.45, 2.75) is 38.4 Å². The average molecular weight is 319 g/mol. The Kier molecular flexibility index (Phi) is 3.56. The van der Waals surface area contributed by atoms with Crippen LogP contribution in [0.2, 0.25) is 0 Å². The number of hydrogen-bond acceptors (Lipinski definition) is 5. The van der Waals surface area contributed by atoms with Gasteiger partial charge in [-0.25, -0.2) is 0 Å². The summed E-state index contributed by atoms with van der Waals surface area (Å²) in [4.78, 5) is 11.9. The summed E-state index contributed by atoms with van der Waals surface area (Å²) < 4.78 is 38.6. The van der Waals surface area contributed by atoms with E-state index in [-0.39, 0.29) is 23.3 Å². The first-order chi connectivity index (χ1) is 9.95. The van der Waals surface area contributed by atoms with Crippen LogP contribution in [0.15, 0.2) is 0 Å². The lowest BCUT2D eigenvalue weighted by atomic mass is 10.1. The topological polar surface area (TPSA) is 72.2 Å². The molecule has 0 aromatic carbocycles. The van der Waals surface area contributed by atoms with Crippen LogP contribution in [0.5, 0.6) is 0 Å². The van der Waals surface area contributed by atoms with E-state index in [1.807, 2.05) is 0 Å². The van der Waals surface area contributed by atoms with Crippen LogP contribution >= 0.6 is 11.3 Å². The number of nitrogens with zero attached hydrogens (tertiary/aromatic N) is 4. The summed E-state index contributed by atoms with van der Waals surface area (Å²) in [6, 6.07) is 0. The highest BCUT2D eigenvalue weighted by molar-refractivity contribution is 7.16. The van der Waals surface area contributed by atoms with E-state index in [0.29, 0.717) is 9.52 Å². The van der Waals surface area contributed by atoms with Crippen LogP contribution in [0.1, 0.15) is 36.5 Å². The van der Waals surface area contributed by atoms with Crippen LogP contribution in [-0.4, -0.2) is 25.7 Å². The van der Waals surface area contributed by atoms with Crippen LogP contribution in [-0.2, 0) is 17.5 Å². The normalized spacial score (nSPS) is 16.7. The number of fused-ring (bicyclic) bond motifs is 1. The molecule has 2 aromatic rings. The molecule has 10 heteroatoms. The summed E-state index contributed by atoms with van der Waals surface area (Å²) in [6.07, 6.45) is -0.768. The third-order valence-corrected chi connectivity index (χ3v) is 4.32. The molecule has 0 radical (unpaired) electrons. The van der Waals surface area contributed by atoms with Crippen molar-refractivity contribution >= 4 is 22.2 Å². The van der Waals surface area contributed by atoms with E-state index in [4.69, 9.17) is 0 Å². The molecular weight excluding hydrogens is 307 g/mol. The first kappa shape index (κ1) is 14.2. The van der Waals surface area contributed by atoms with Crippen LogP contribution in [0.3, 0.4) is 0 Å². The predicted octanol–water partition coefficient (Wildman–Crippen LogP) is 2.01. The van der Waals surface area contributed by atoms with E-state index in [2.05, 4.69) is 20.6 Å². The minimum Gasteiger partial charge on any atom is -0.349 e. The van der Waals surface area contributed by atoms with Gasteiger partial charge in [0.15, 0.2) is 0 Å². The van der Waals surface area contributed by atoms with E-state index in [0.717, 1.165) is 37.0 Å². The van der Waals surface area contributed by atoms with Crippen molar-refractivity contribution in [2.24, 2.45) is 5.92 Å². The van der Waals surface area contributed by atoms with Crippen LogP contribution in [0, 0.1) is 5.92 Å². The molecule has 1 amide bonds. The van der Waals surface area contributed by atoms with E-state index < -0.39 is 12.0 Å². The van der Waals surface area contributed by atoms with E-state index in [9.17, 15) is 18.0 Å². The maximum Gasteiger partial charge on any atom is 0.453 e. The van der Waals surface area contributed by atoms with Gasteiger partial charge in [-0.3, -0.25) is 4.79 Å². The second kappa shape index (κ2) is 5.24. The van der Waals surface area contributed by atoms with E-state index in [1.165, 1.54) is 0 Å². The number of nitrogens with one attached hydrogen (secondary N) is 1. The maximum atomic E-state index is 12.7. The Hall–Kier alpha value is -1.71. The molecule has 6 nitrogen and oxygen atoms in total. The number of carbonyl (C=O) groups excluding carboxylic acids is 1. The number of aromatic nitrogens is 4. The zero-order chi connectivity index (χ0) is 15.0. The SMILES string of the molecule is O=C(NCc1nn2c(C(F)(F)F)nnc2s1)C1CCCC1. The third kappa shape index (κ3) is 2.85. The highest BCUT2D eigenvalue weighted by Crippen LogP contribution is 2.29. The number of carbonyl (C=O) groups is 1. The molecule has 1 saturated carbocycles. The number of rotatable bonds is 3. The molecule has 0 unspecified atom stereocenters. The molecule has 114 valence electrons. The largest absolute Gasteiger partial charge is 0.453 e. The lowest BCUT2D eigenvalue weighted by Crippen LogP contribution is -2.28. The molecule has 1 aliphatic rings. The molecule has 2 heterocycles. The van der Waals surface area contributed by atoms with Gasteiger partial charge in [0, 0.05) is 5.92 Å². The minimum absolute atomic E-state index is 0.0152. The van der Waals surface area contributed by atoms with Crippen molar-refractivity contribution < 1.29 is 18.0 Å². The standard InChI is InChI=1S/C11H12F3N5OS/c12-11(13,14)9-16-17-10-19(9)18-7(21-10)5-15-8(20)6-3-1-2-4-6/h6H,1-5H2,(H,15,20). The molecule has 1 aliphatic carbocycles. The molecular formula is C11H12F3N5OS. The van der Waals surface area contributed by atoms with Gasteiger partial charge in [0.05, 0.1) is 6.54 Å². The summed E-state index contributed by atoms with van der Waals surface area (Å²) in [7, 11) is 0. The zero-order valence-corrected chi connectivity index (χ0v) is 11.7. The quantitative estimate of drug-likeness (QED) is 0.939. The third-order valence-electron chi connectivity index (χ3n) is 3.43. The van der Waals surface area contributed by atoms with Crippen LogP contribution in [0.25, 0.3) is 4.96 Å².